The first kappa shape index (κ1) is 7.53. The van der Waals surface area contributed by atoms with Crippen molar-refractivity contribution < 1.29 is 10.2 Å². The highest BCUT2D eigenvalue weighted by Gasteiger charge is 2.41. The number of fused-ring (bicyclic) bond motifs is 1. The normalized spacial score (nSPS) is 43.4. The van der Waals surface area contributed by atoms with Crippen molar-refractivity contribution in [3.05, 3.63) is 0 Å². The lowest BCUT2D eigenvalue weighted by molar-refractivity contribution is -0.0732. The first-order valence-electron chi connectivity index (χ1n) is 4.38. The van der Waals surface area contributed by atoms with E-state index in [0.717, 1.165) is 6.54 Å². The van der Waals surface area contributed by atoms with Gasteiger partial charge in [-0.2, -0.15) is 0 Å². The topological polar surface area (TPSA) is 52.5 Å². The predicted octanol–water partition coefficient (Wildman–Crippen LogP) is -0.315. The van der Waals surface area contributed by atoms with E-state index in [-0.39, 0.29) is 6.04 Å². The number of rotatable bonds is 1. The molecule has 0 aromatic rings. The zero-order chi connectivity index (χ0) is 7.84. The smallest absolute Gasteiger partial charge is 0.167 e. The first-order valence-corrected chi connectivity index (χ1v) is 4.38. The van der Waals surface area contributed by atoms with Crippen molar-refractivity contribution in [2.75, 3.05) is 6.54 Å². The van der Waals surface area contributed by atoms with Crippen molar-refractivity contribution in [1.82, 2.24) is 5.32 Å². The molecule has 11 heavy (non-hydrogen) atoms. The van der Waals surface area contributed by atoms with Gasteiger partial charge in [-0.1, -0.05) is 6.42 Å². The Hall–Kier alpha value is -0.120. The van der Waals surface area contributed by atoms with Crippen LogP contribution in [0.4, 0.5) is 0 Å². The largest absolute Gasteiger partial charge is 0.367 e. The van der Waals surface area contributed by atoms with Gasteiger partial charge in [0, 0.05) is 0 Å². The van der Waals surface area contributed by atoms with Crippen molar-refractivity contribution in [2.24, 2.45) is 11.8 Å². The fourth-order valence-electron chi connectivity index (χ4n) is 2.56. The Kier molecular flexibility index (Phi) is 1.87. The molecule has 2 fully saturated rings. The summed E-state index contributed by atoms with van der Waals surface area (Å²) in [5, 5.41) is 21.1. The Morgan fingerprint density at radius 2 is 2.09 bits per heavy atom. The molecule has 0 bridgehead atoms. The molecule has 0 spiro atoms. The maximum atomic E-state index is 8.99. The monoisotopic (exact) mass is 157 g/mol. The van der Waals surface area contributed by atoms with Crippen LogP contribution in [0.15, 0.2) is 0 Å². The van der Waals surface area contributed by atoms with Crippen LogP contribution in [0, 0.1) is 11.8 Å². The van der Waals surface area contributed by atoms with Crippen molar-refractivity contribution in [3.63, 3.8) is 0 Å². The fourth-order valence-corrected chi connectivity index (χ4v) is 2.56. The number of hydrogen-bond acceptors (Lipinski definition) is 3. The van der Waals surface area contributed by atoms with Gasteiger partial charge in [0.25, 0.3) is 0 Å². The molecule has 1 aliphatic heterocycles. The second kappa shape index (κ2) is 2.73. The second-order valence-electron chi connectivity index (χ2n) is 3.70. The van der Waals surface area contributed by atoms with Crippen molar-refractivity contribution in [2.45, 2.75) is 31.6 Å². The molecule has 3 heteroatoms. The van der Waals surface area contributed by atoms with Crippen LogP contribution in [0.5, 0.6) is 0 Å². The van der Waals surface area contributed by atoms with Crippen molar-refractivity contribution in [3.8, 4) is 0 Å². The van der Waals surface area contributed by atoms with E-state index in [1.54, 1.807) is 0 Å². The van der Waals surface area contributed by atoms with Gasteiger partial charge in [0.2, 0.25) is 0 Å². The summed E-state index contributed by atoms with van der Waals surface area (Å²) in [5.74, 6) is 1.23. The van der Waals surface area contributed by atoms with E-state index in [0.29, 0.717) is 11.8 Å². The Morgan fingerprint density at radius 3 is 2.82 bits per heavy atom. The molecule has 3 unspecified atom stereocenters. The van der Waals surface area contributed by atoms with E-state index in [2.05, 4.69) is 5.32 Å². The van der Waals surface area contributed by atoms with Gasteiger partial charge in [-0.05, 0) is 31.2 Å². The third-order valence-corrected chi connectivity index (χ3v) is 3.12. The van der Waals surface area contributed by atoms with E-state index in [4.69, 9.17) is 10.2 Å². The van der Waals surface area contributed by atoms with Gasteiger partial charge in [-0.3, -0.25) is 0 Å². The quantitative estimate of drug-likeness (QED) is 0.457. The second-order valence-corrected chi connectivity index (χ2v) is 3.70. The molecule has 0 aromatic heterocycles. The first-order chi connectivity index (χ1) is 5.29. The molecule has 1 saturated heterocycles. The molecule has 64 valence electrons. The summed E-state index contributed by atoms with van der Waals surface area (Å²) in [6.07, 6.45) is 2.53. The predicted molar refractivity (Wildman–Crippen MR) is 40.8 cm³/mol. The summed E-state index contributed by atoms with van der Waals surface area (Å²) in [7, 11) is 0. The van der Waals surface area contributed by atoms with E-state index in [1.165, 1.54) is 19.3 Å². The van der Waals surface area contributed by atoms with Crippen LogP contribution in [0.25, 0.3) is 0 Å². The maximum absolute atomic E-state index is 8.99. The summed E-state index contributed by atoms with van der Waals surface area (Å²) in [6, 6.07) is -0.0532. The van der Waals surface area contributed by atoms with Crippen LogP contribution in [0.2, 0.25) is 0 Å². The van der Waals surface area contributed by atoms with E-state index < -0.39 is 6.29 Å². The van der Waals surface area contributed by atoms with Crippen molar-refractivity contribution in [1.29, 1.82) is 0 Å². The lowest BCUT2D eigenvalue weighted by atomic mass is 9.94. The molecule has 0 amide bonds. The van der Waals surface area contributed by atoms with Gasteiger partial charge in [-0.15, -0.1) is 0 Å². The molecule has 1 saturated carbocycles. The van der Waals surface area contributed by atoms with Crippen LogP contribution >= 0.6 is 0 Å². The Labute approximate surface area is 66.4 Å². The average Bonchev–Trinajstić information content (AvgIpc) is 2.41. The van der Waals surface area contributed by atoms with Crippen LogP contribution in [0.1, 0.15) is 19.3 Å². The summed E-state index contributed by atoms with van der Waals surface area (Å²) in [6.45, 7) is 0.979. The zero-order valence-corrected chi connectivity index (χ0v) is 6.53. The minimum atomic E-state index is -1.16. The third kappa shape index (κ3) is 1.17. The molecule has 2 aliphatic rings. The summed E-state index contributed by atoms with van der Waals surface area (Å²) >= 11 is 0. The summed E-state index contributed by atoms with van der Waals surface area (Å²) < 4.78 is 0. The van der Waals surface area contributed by atoms with Crippen LogP contribution in [-0.4, -0.2) is 29.1 Å². The maximum Gasteiger partial charge on any atom is 0.167 e. The zero-order valence-electron chi connectivity index (χ0n) is 6.53. The van der Waals surface area contributed by atoms with E-state index in [9.17, 15) is 0 Å². The number of nitrogens with one attached hydrogen (secondary N) is 1. The van der Waals surface area contributed by atoms with E-state index >= 15 is 0 Å². The molecular weight excluding hydrogens is 142 g/mol. The van der Waals surface area contributed by atoms with Gasteiger partial charge >= 0.3 is 0 Å². The van der Waals surface area contributed by atoms with Gasteiger partial charge in [0.05, 0.1) is 6.04 Å². The SMILES string of the molecule is OC(O)C1NCC2CCCC21. The number of aliphatic hydroxyl groups is 2. The average molecular weight is 157 g/mol. The van der Waals surface area contributed by atoms with Crippen LogP contribution in [-0.2, 0) is 0 Å². The van der Waals surface area contributed by atoms with Gasteiger partial charge in [-0.25, -0.2) is 0 Å². The third-order valence-electron chi connectivity index (χ3n) is 3.12. The summed E-state index contributed by atoms with van der Waals surface area (Å²) in [4.78, 5) is 0. The molecule has 3 N–H and O–H groups in total. The highest BCUT2D eigenvalue weighted by Crippen LogP contribution is 2.38. The fraction of sp³-hybridized carbons (Fsp3) is 1.00. The standard InChI is InChI=1S/C8H15NO2/c10-8(11)7-6-3-1-2-5(6)4-9-7/h5-11H,1-4H2. The Bertz CT molecular complexity index is 149. The Morgan fingerprint density at radius 1 is 1.27 bits per heavy atom. The number of aliphatic hydroxyl groups excluding tert-OH is 1. The Balaban J connectivity index is 2.03. The minimum absolute atomic E-state index is 0.0532. The summed E-state index contributed by atoms with van der Waals surface area (Å²) in [5.41, 5.74) is 0. The highest BCUT2D eigenvalue weighted by molar-refractivity contribution is 4.94. The lowest BCUT2D eigenvalue weighted by Gasteiger charge is -2.19. The highest BCUT2D eigenvalue weighted by atomic mass is 16.5. The molecule has 0 aromatic carbocycles. The van der Waals surface area contributed by atoms with E-state index in [1.807, 2.05) is 0 Å². The minimum Gasteiger partial charge on any atom is -0.367 e. The lowest BCUT2D eigenvalue weighted by Crippen LogP contribution is -2.38. The molecule has 1 aliphatic carbocycles. The van der Waals surface area contributed by atoms with Crippen LogP contribution in [0.3, 0.4) is 0 Å². The molecular formula is C8H15NO2. The van der Waals surface area contributed by atoms with Gasteiger partial charge < -0.3 is 15.5 Å². The molecule has 1 heterocycles. The van der Waals surface area contributed by atoms with Crippen LogP contribution < -0.4 is 5.32 Å². The number of hydrogen-bond donors (Lipinski definition) is 3. The molecule has 3 atom stereocenters. The molecule has 2 rings (SSSR count). The molecule has 3 nitrogen and oxygen atoms in total. The van der Waals surface area contributed by atoms with Gasteiger partial charge in [0.1, 0.15) is 0 Å². The van der Waals surface area contributed by atoms with Gasteiger partial charge in [0.15, 0.2) is 6.29 Å². The van der Waals surface area contributed by atoms with Crippen molar-refractivity contribution >= 4 is 0 Å². The molecule has 0 radical (unpaired) electrons.